The van der Waals surface area contributed by atoms with Gasteiger partial charge in [-0.25, -0.2) is 9.97 Å². The number of carbonyl (C=O) groups is 1. The molecule has 0 aliphatic carbocycles. The van der Waals surface area contributed by atoms with E-state index < -0.39 is 0 Å². The summed E-state index contributed by atoms with van der Waals surface area (Å²) in [7, 11) is 0. The minimum absolute atomic E-state index is 0.0481. The molecule has 0 spiro atoms. The number of carbonyl (C=O) groups excluding carboxylic acids is 1. The first kappa shape index (κ1) is 17.0. The van der Waals surface area contributed by atoms with Crippen LogP contribution in [0.15, 0.2) is 60.8 Å². The molecular formula is C21H19N3O3. The highest BCUT2D eigenvalue weighted by atomic mass is 16.7. The number of rotatable bonds is 6. The van der Waals surface area contributed by atoms with E-state index in [0.29, 0.717) is 31.0 Å². The normalized spacial score (nSPS) is 12.0. The highest BCUT2D eigenvalue weighted by Gasteiger charge is 2.14. The fraction of sp³-hybridized carbons (Fsp3) is 0.190. The number of fused-ring (bicyclic) bond motifs is 1. The highest BCUT2D eigenvalue weighted by molar-refractivity contribution is 5.78. The molecule has 136 valence electrons. The lowest BCUT2D eigenvalue weighted by molar-refractivity contribution is -0.120. The van der Waals surface area contributed by atoms with Crippen molar-refractivity contribution < 1.29 is 14.3 Å². The van der Waals surface area contributed by atoms with Gasteiger partial charge in [0, 0.05) is 24.7 Å². The van der Waals surface area contributed by atoms with E-state index in [1.165, 1.54) is 0 Å². The van der Waals surface area contributed by atoms with Crippen LogP contribution in [0.2, 0.25) is 0 Å². The van der Waals surface area contributed by atoms with Crippen LogP contribution >= 0.6 is 0 Å². The van der Waals surface area contributed by atoms with Crippen molar-refractivity contribution >= 4 is 5.91 Å². The van der Waals surface area contributed by atoms with E-state index in [4.69, 9.17) is 9.47 Å². The van der Waals surface area contributed by atoms with Crippen molar-refractivity contribution in [1.82, 2.24) is 15.3 Å². The van der Waals surface area contributed by atoms with Crippen LogP contribution in [0.3, 0.4) is 0 Å². The quantitative estimate of drug-likeness (QED) is 0.731. The van der Waals surface area contributed by atoms with Gasteiger partial charge in [-0.05, 0) is 23.8 Å². The highest BCUT2D eigenvalue weighted by Crippen LogP contribution is 2.32. The summed E-state index contributed by atoms with van der Waals surface area (Å²) in [5.41, 5.74) is 2.82. The van der Waals surface area contributed by atoms with Gasteiger partial charge >= 0.3 is 0 Å². The van der Waals surface area contributed by atoms with Gasteiger partial charge in [-0.3, -0.25) is 4.79 Å². The number of benzene rings is 2. The number of hydrogen-bond acceptors (Lipinski definition) is 5. The van der Waals surface area contributed by atoms with E-state index >= 15 is 0 Å². The Morgan fingerprint density at radius 2 is 1.89 bits per heavy atom. The first-order chi connectivity index (χ1) is 13.3. The van der Waals surface area contributed by atoms with Crippen LogP contribution in [-0.2, 0) is 17.6 Å². The number of ether oxygens (including phenoxy) is 2. The van der Waals surface area contributed by atoms with Crippen molar-refractivity contribution in [2.75, 3.05) is 13.3 Å². The molecule has 0 atom stereocenters. The third kappa shape index (κ3) is 4.23. The molecule has 2 heterocycles. The number of hydrogen-bond donors (Lipinski definition) is 1. The zero-order chi connectivity index (χ0) is 18.5. The molecule has 0 fully saturated rings. The Morgan fingerprint density at radius 1 is 1.04 bits per heavy atom. The van der Waals surface area contributed by atoms with Crippen molar-refractivity contribution in [1.29, 1.82) is 0 Å². The van der Waals surface area contributed by atoms with Crippen LogP contribution in [0.25, 0.3) is 11.3 Å². The summed E-state index contributed by atoms with van der Waals surface area (Å²) < 4.78 is 10.6. The molecular weight excluding hydrogens is 342 g/mol. The Bertz CT molecular complexity index is 944. The molecule has 0 radical (unpaired) electrons. The predicted octanol–water partition coefficient (Wildman–Crippen LogP) is 2.77. The Hall–Kier alpha value is -3.41. The summed E-state index contributed by atoms with van der Waals surface area (Å²) >= 11 is 0. The molecule has 0 saturated carbocycles. The topological polar surface area (TPSA) is 73.3 Å². The van der Waals surface area contributed by atoms with Crippen molar-refractivity contribution in [3.63, 3.8) is 0 Å². The van der Waals surface area contributed by atoms with E-state index in [-0.39, 0.29) is 12.7 Å². The van der Waals surface area contributed by atoms with Crippen molar-refractivity contribution in [3.05, 3.63) is 72.2 Å². The Morgan fingerprint density at radius 3 is 2.78 bits per heavy atom. The van der Waals surface area contributed by atoms with E-state index in [2.05, 4.69) is 15.3 Å². The minimum atomic E-state index is -0.0481. The zero-order valence-corrected chi connectivity index (χ0v) is 14.7. The van der Waals surface area contributed by atoms with Crippen LogP contribution in [0, 0.1) is 0 Å². The standard InChI is InChI=1S/C21H19N3O3/c25-21(13-15-6-7-18-19(12-15)27-14-26-18)23-11-9-20-22-10-8-17(24-20)16-4-2-1-3-5-16/h1-8,10,12H,9,11,13-14H2,(H,23,25). The van der Waals surface area contributed by atoms with Crippen molar-refractivity contribution in [3.8, 4) is 22.8 Å². The molecule has 1 amide bonds. The third-order valence-electron chi connectivity index (χ3n) is 4.25. The summed E-state index contributed by atoms with van der Waals surface area (Å²) in [5.74, 6) is 2.06. The van der Waals surface area contributed by atoms with Crippen molar-refractivity contribution in [2.24, 2.45) is 0 Å². The Labute approximate surface area is 157 Å². The molecule has 3 aromatic rings. The molecule has 6 heteroatoms. The fourth-order valence-corrected chi connectivity index (χ4v) is 2.90. The average Bonchev–Trinajstić information content (AvgIpc) is 3.17. The maximum atomic E-state index is 12.2. The summed E-state index contributed by atoms with van der Waals surface area (Å²) in [5, 5.41) is 2.92. The van der Waals surface area contributed by atoms with Crippen molar-refractivity contribution in [2.45, 2.75) is 12.8 Å². The van der Waals surface area contributed by atoms with Gasteiger partial charge in [0.25, 0.3) is 0 Å². The maximum absolute atomic E-state index is 12.2. The number of aromatic nitrogens is 2. The Balaban J connectivity index is 1.30. The molecule has 0 bridgehead atoms. The largest absolute Gasteiger partial charge is 0.454 e. The molecule has 1 aliphatic heterocycles. The summed E-state index contributed by atoms with van der Waals surface area (Å²) in [4.78, 5) is 21.0. The fourth-order valence-electron chi connectivity index (χ4n) is 2.90. The van der Waals surface area contributed by atoms with E-state index in [1.807, 2.05) is 54.6 Å². The monoisotopic (exact) mass is 361 g/mol. The number of nitrogens with zero attached hydrogens (tertiary/aromatic N) is 2. The molecule has 1 N–H and O–H groups in total. The summed E-state index contributed by atoms with van der Waals surface area (Å²) in [6.07, 6.45) is 2.62. The zero-order valence-electron chi connectivity index (χ0n) is 14.7. The molecule has 1 aromatic heterocycles. The maximum Gasteiger partial charge on any atom is 0.231 e. The lowest BCUT2D eigenvalue weighted by Crippen LogP contribution is -2.27. The van der Waals surface area contributed by atoms with Gasteiger partial charge in [0.15, 0.2) is 11.5 Å². The molecule has 6 nitrogen and oxygen atoms in total. The van der Waals surface area contributed by atoms with Crippen LogP contribution in [0.4, 0.5) is 0 Å². The van der Waals surface area contributed by atoms with Gasteiger partial charge in [0.05, 0.1) is 12.1 Å². The lowest BCUT2D eigenvalue weighted by atomic mass is 10.1. The van der Waals surface area contributed by atoms with Gasteiger partial charge in [0.1, 0.15) is 5.82 Å². The van der Waals surface area contributed by atoms with Gasteiger partial charge in [0.2, 0.25) is 12.7 Å². The molecule has 0 saturated heterocycles. The average molecular weight is 361 g/mol. The van der Waals surface area contributed by atoms with Crippen LogP contribution in [-0.4, -0.2) is 29.2 Å². The van der Waals surface area contributed by atoms with Gasteiger partial charge in [-0.2, -0.15) is 0 Å². The first-order valence-corrected chi connectivity index (χ1v) is 8.80. The molecule has 4 rings (SSSR count). The van der Waals surface area contributed by atoms with Gasteiger partial charge < -0.3 is 14.8 Å². The SMILES string of the molecule is O=C(Cc1ccc2c(c1)OCO2)NCCc1nccc(-c2ccccc2)n1. The van der Waals surface area contributed by atoms with E-state index in [1.54, 1.807) is 6.20 Å². The van der Waals surface area contributed by atoms with Crippen LogP contribution < -0.4 is 14.8 Å². The Kier molecular flexibility index (Phi) is 4.96. The molecule has 2 aromatic carbocycles. The smallest absolute Gasteiger partial charge is 0.231 e. The predicted molar refractivity (Wildman–Crippen MR) is 100 cm³/mol. The minimum Gasteiger partial charge on any atom is -0.454 e. The first-order valence-electron chi connectivity index (χ1n) is 8.80. The van der Waals surface area contributed by atoms with Gasteiger partial charge in [-0.15, -0.1) is 0 Å². The second kappa shape index (κ2) is 7.86. The van der Waals surface area contributed by atoms with Crippen LogP contribution in [0.1, 0.15) is 11.4 Å². The second-order valence-corrected chi connectivity index (χ2v) is 6.19. The molecule has 27 heavy (non-hydrogen) atoms. The molecule has 1 aliphatic rings. The summed E-state index contributed by atoms with van der Waals surface area (Å²) in [6, 6.07) is 17.4. The number of nitrogens with one attached hydrogen (secondary N) is 1. The molecule has 0 unspecified atom stereocenters. The third-order valence-corrected chi connectivity index (χ3v) is 4.25. The van der Waals surface area contributed by atoms with E-state index in [9.17, 15) is 4.79 Å². The number of amides is 1. The summed E-state index contributed by atoms with van der Waals surface area (Å²) in [6.45, 7) is 0.717. The van der Waals surface area contributed by atoms with Gasteiger partial charge in [-0.1, -0.05) is 36.4 Å². The van der Waals surface area contributed by atoms with Crippen LogP contribution in [0.5, 0.6) is 11.5 Å². The second-order valence-electron chi connectivity index (χ2n) is 6.19. The van der Waals surface area contributed by atoms with E-state index in [0.717, 1.165) is 22.6 Å². The lowest BCUT2D eigenvalue weighted by Gasteiger charge is -2.07.